The Morgan fingerprint density at radius 1 is 0.972 bits per heavy atom. The summed E-state index contributed by atoms with van der Waals surface area (Å²) < 4.78 is 0. The second-order valence-corrected chi connectivity index (χ2v) is 9.01. The molecule has 0 aliphatic heterocycles. The molecule has 0 saturated carbocycles. The summed E-state index contributed by atoms with van der Waals surface area (Å²) in [5.41, 5.74) is 7.08. The third-order valence-corrected chi connectivity index (χ3v) is 5.90. The number of aliphatic carboxylic acids is 2. The topological polar surface area (TPSA) is 204 Å². The standard InChI is InChI=1S/C23H31N5O7S/c1-11(2)19(28-21(32)16(8-18(29)30)26-20(31)14(24)10-36)22(33)27-17(23(34)35)7-12-9-25-15-6-4-3-5-13(12)15/h3-6,9,11,14,16-17,19,25,36H,7-8,10,24H2,1-2H3,(H,26,31)(H,27,33)(H,28,32)(H,29,30)(H,34,35). The number of aromatic nitrogens is 1. The quantitative estimate of drug-likeness (QED) is 0.163. The number of carbonyl (C=O) groups is 5. The molecule has 8 N–H and O–H groups in total. The van der Waals surface area contributed by atoms with Gasteiger partial charge in [-0.3, -0.25) is 19.2 Å². The van der Waals surface area contributed by atoms with Crippen molar-refractivity contribution in [3.05, 3.63) is 36.0 Å². The molecule has 2 rings (SSSR count). The van der Waals surface area contributed by atoms with Gasteiger partial charge in [0.25, 0.3) is 0 Å². The molecule has 4 atom stereocenters. The van der Waals surface area contributed by atoms with Crippen molar-refractivity contribution in [3.63, 3.8) is 0 Å². The average Bonchev–Trinajstić information content (AvgIpc) is 3.22. The van der Waals surface area contributed by atoms with Gasteiger partial charge in [-0.05, 0) is 17.5 Å². The number of fused-ring (bicyclic) bond motifs is 1. The molecular formula is C23H31N5O7S. The molecule has 0 aliphatic rings. The predicted octanol–water partition coefficient (Wildman–Crippen LogP) is -0.363. The van der Waals surface area contributed by atoms with E-state index in [1.165, 1.54) is 0 Å². The number of nitrogens with one attached hydrogen (secondary N) is 4. The number of hydrogen-bond donors (Lipinski definition) is 8. The molecule has 0 aliphatic carbocycles. The maximum absolute atomic E-state index is 13.0. The van der Waals surface area contributed by atoms with Crippen molar-refractivity contribution in [2.24, 2.45) is 11.7 Å². The molecule has 1 heterocycles. The predicted molar refractivity (Wildman–Crippen MR) is 134 cm³/mol. The Morgan fingerprint density at radius 3 is 2.19 bits per heavy atom. The normalized spacial score (nSPS) is 14.5. The lowest BCUT2D eigenvalue weighted by molar-refractivity contribution is -0.143. The van der Waals surface area contributed by atoms with Crippen LogP contribution in [0.2, 0.25) is 0 Å². The van der Waals surface area contributed by atoms with E-state index < -0.39 is 66.2 Å². The fraction of sp³-hybridized carbons (Fsp3) is 0.435. The van der Waals surface area contributed by atoms with Gasteiger partial charge in [-0.2, -0.15) is 12.6 Å². The number of benzene rings is 1. The summed E-state index contributed by atoms with van der Waals surface area (Å²) in [5, 5.41) is 26.8. The second-order valence-electron chi connectivity index (χ2n) is 8.64. The molecule has 1 aromatic carbocycles. The molecule has 12 nitrogen and oxygen atoms in total. The Labute approximate surface area is 212 Å². The minimum absolute atomic E-state index is 0.0108. The maximum Gasteiger partial charge on any atom is 0.326 e. The lowest BCUT2D eigenvalue weighted by Gasteiger charge is -2.26. The molecule has 0 bridgehead atoms. The number of carbonyl (C=O) groups excluding carboxylic acids is 3. The average molecular weight is 522 g/mol. The van der Waals surface area contributed by atoms with Gasteiger partial charge in [0.2, 0.25) is 17.7 Å². The van der Waals surface area contributed by atoms with Crippen LogP contribution in [0.3, 0.4) is 0 Å². The van der Waals surface area contributed by atoms with Gasteiger partial charge in [0.1, 0.15) is 18.1 Å². The van der Waals surface area contributed by atoms with E-state index >= 15 is 0 Å². The molecule has 36 heavy (non-hydrogen) atoms. The summed E-state index contributed by atoms with van der Waals surface area (Å²) in [5.74, 6) is -5.60. The second kappa shape index (κ2) is 12.9. The number of H-pyrrole nitrogens is 1. The largest absolute Gasteiger partial charge is 0.481 e. The van der Waals surface area contributed by atoms with Crippen LogP contribution < -0.4 is 21.7 Å². The monoisotopic (exact) mass is 521 g/mol. The number of rotatable bonds is 13. The number of amides is 3. The minimum Gasteiger partial charge on any atom is -0.481 e. The van der Waals surface area contributed by atoms with Gasteiger partial charge in [0.05, 0.1) is 12.5 Å². The first kappa shape index (κ1) is 28.7. The number of carboxylic acid groups (broad SMARTS) is 2. The summed E-state index contributed by atoms with van der Waals surface area (Å²) >= 11 is 3.90. The lowest BCUT2D eigenvalue weighted by atomic mass is 10.0. The molecule has 2 aromatic rings. The first-order chi connectivity index (χ1) is 16.9. The van der Waals surface area contributed by atoms with Crippen LogP contribution in [0.4, 0.5) is 0 Å². The third kappa shape index (κ3) is 7.71. The fourth-order valence-electron chi connectivity index (χ4n) is 3.52. The highest BCUT2D eigenvalue weighted by molar-refractivity contribution is 7.80. The first-order valence-corrected chi connectivity index (χ1v) is 11.8. The zero-order valence-electron chi connectivity index (χ0n) is 19.9. The van der Waals surface area contributed by atoms with Crippen LogP contribution in [0.15, 0.2) is 30.5 Å². The van der Waals surface area contributed by atoms with Crippen molar-refractivity contribution >= 4 is 53.2 Å². The molecule has 196 valence electrons. The number of carboxylic acids is 2. The number of thiol groups is 1. The lowest BCUT2D eigenvalue weighted by Crippen LogP contribution is -2.59. The maximum atomic E-state index is 13.0. The van der Waals surface area contributed by atoms with Crippen LogP contribution in [0.25, 0.3) is 10.9 Å². The summed E-state index contributed by atoms with van der Waals surface area (Å²) in [4.78, 5) is 64.1. The van der Waals surface area contributed by atoms with Crippen LogP contribution in [0, 0.1) is 5.92 Å². The summed E-state index contributed by atoms with van der Waals surface area (Å²) in [6.45, 7) is 3.25. The molecule has 13 heteroatoms. The number of aromatic amines is 1. The van der Waals surface area contributed by atoms with Gasteiger partial charge in [-0.25, -0.2) is 4.79 Å². The Morgan fingerprint density at radius 2 is 1.61 bits per heavy atom. The molecule has 0 saturated heterocycles. The highest BCUT2D eigenvalue weighted by Gasteiger charge is 2.33. The van der Waals surface area contributed by atoms with Crippen LogP contribution in [-0.4, -0.2) is 74.8 Å². The Hall–Kier alpha value is -3.58. The van der Waals surface area contributed by atoms with Gasteiger partial charge >= 0.3 is 11.9 Å². The van der Waals surface area contributed by atoms with E-state index in [1.54, 1.807) is 20.0 Å². The summed E-state index contributed by atoms with van der Waals surface area (Å²) in [6.07, 6.45) is 0.911. The molecule has 0 radical (unpaired) electrons. The highest BCUT2D eigenvalue weighted by Crippen LogP contribution is 2.19. The van der Waals surface area contributed by atoms with Gasteiger partial charge < -0.3 is 36.9 Å². The third-order valence-electron chi connectivity index (χ3n) is 5.51. The van der Waals surface area contributed by atoms with Crippen molar-refractivity contribution in [1.82, 2.24) is 20.9 Å². The molecule has 1 aromatic heterocycles. The van der Waals surface area contributed by atoms with E-state index in [0.29, 0.717) is 5.56 Å². The van der Waals surface area contributed by atoms with Crippen molar-refractivity contribution in [2.75, 3.05) is 5.75 Å². The molecule has 0 fully saturated rings. The van der Waals surface area contributed by atoms with E-state index in [-0.39, 0.29) is 12.2 Å². The van der Waals surface area contributed by atoms with E-state index in [4.69, 9.17) is 10.8 Å². The van der Waals surface area contributed by atoms with Gasteiger partial charge in [0.15, 0.2) is 0 Å². The fourth-order valence-corrected chi connectivity index (χ4v) is 3.68. The van der Waals surface area contributed by atoms with Crippen molar-refractivity contribution < 1.29 is 34.2 Å². The van der Waals surface area contributed by atoms with Crippen LogP contribution in [0.1, 0.15) is 25.8 Å². The number of para-hydroxylation sites is 1. The van der Waals surface area contributed by atoms with Crippen molar-refractivity contribution in [1.29, 1.82) is 0 Å². The van der Waals surface area contributed by atoms with Crippen LogP contribution in [0.5, 0.6) is 0 Å². The molecule has 4 unspecified atom stereocenters. The molecular weight excluding hydrogens is 490 g/mol. The molecule has 3 amide bonds. The Kier molecular flexibility index (Phi) is 10.3. The van der Waals surface area contributed by atoms with Gasteiger partial charge in [0, 0.05) is 29.3 Å². The van der Waals surface area contributed by atoms with Gasteiger partial charge in [-0.15, -0.1) is 0 Å². The number of nitrogens with two attached hydrogens (primary N) is 1. The van der Waals surface area contributed by atoms with Crippen molar-refractivity contribution in [3.8, 4) is 0 Å². The molecule has 0 spiro atoms. The SMILES string of the molecule is CC(C)C(NC(=O)C(CC(=O)O)NC(=O)C(N)CS)C(=O)NC(Cc1c[nH]c2ccccc12)C(=O)O. The smallest absolute Gasteiger partial charge is 0.326 e. The number of hydrogen-bond acceptors (Lipinski definition) is 7. The van der Waals surface area contributed by atoms with E-state index in [9.17, 15) is 29.1 Å². The Balaban J connectivity index is 2.16. The Bertz CT molecular complexity index is 1120. The summed E-state index contributed by atoms with van der Waals surface area (Å²) in [6, 6.07) is 2.25. The van der Waals surface area contributed by atoms with E-state index in [0.717, 1.165) is 10.9 Å². The minimum atomic E-state index is -1.50. The van der Waals surface area contributed by atoms with Crippen LogP contribution in [-0.2, 0) is 30.4 Å². The van der Waals surface area contributed by atoms with Crippen LogP contribution >= 0.6 is 12.6 Å². The van der Waals surface area contributed by atoms with E-state index in [2.05, 4.69) is 33.6 Å². The highest BCUT2D eigenvalue weighted by atomic mass is 32.1. The zero-order valence-corrected chi connectivity index (χ0v) is 20.7. The van der Waals surface area contributed by atoms with E-state index in [1.807, 2.05) is 24.3 Å². The van der Waals surface area contributed by atoms with Crippen molar-refractivity contribution in [2.45, 2.75) is 50.9 Å². The van der Waals surface area contributed by atoms with Gasteiger partial charge in [-0.1, -0.05) is 32.0 Å². The zero-order chi connectivity index (χ0) is 27.0. The first-order valence-electron chi connectivity index (χ1n) is 11.2. The summed E-state index contributed by atoms with van der Waals surface area (Å²) in [7, 11) is 0.